The van der Waals surface area contributed by atoms with Gasteiger partial charge in [0.05, 0.1) is 13.6 Å². The van der Waals surface area contributed by atoms with Crippen LogP contribution in [0.2, 0.25) is 0 Å². The Morgan fingerprint density at radius 2 is 2.50 bits per heavy atom. The van der Waals surface area contributed by atoms with Crippen LogP contribution in [0.15, 0.2) is 0 Å². The fourth-order valence-corrected chi connectivity index (χ4v) is 0. The van der Waals surface area contributed by atoms with Crippen molar-refractivity contribution in [2.75, 3.05) is 6.58 Å². The molecule has 1 unspecified atom stereocenters. The Balaban J connectivity index is 3.92. The smallest absolute Gasteiger partial charge is 0.0821 e. The predicted octanol–water partition coefficient (Wildman–Crippen LogP) is -0.250. The average Bonchev–Trinajstić information content (AvgIpc) is 1.86. The maximum absolute atomic E-state index is 8.89. The van der Waals surface area contributed by atoms with Crippen LogP contribution in [0.25, 0.3) is 0 Å². The number of hydrogen-bond donors (Lipinski definition) is 2. The average molecular weight is 93.1 g/mol. The lowest BCUT2D eigenvalue weighted by Gasteiger charge is -2.10. The van der Waals surface area contributed by atoms with Crippen molar-refractivity contribution < 1.29 is 14.3 Å². The lowest BCUT2D eigenvalue weighted by atomic mass is 10.2. The van der Waals surface area contributed by atoms with Gasteiger partial charge < -0.3 is 10.2 Å². The molecule has 0 aromatic heterocycles. The zero-order chi connectivity index (χ0) is 7.49. The molecule has 0 radical (unpaired) electrons. The maximum Gasteiger partial charge on any atom is 0.0821 e. The second kappa shape index (κ2) is 1.58. The molecule has 0 amide bonds. The van der Waals surface area contributed by atoms with Crippen LogP contribution in [0.3, 0.4) is 0 Å². The van der Waals surface area contributed by atoms with E-state index in [0.29, 0.717) is 0 Å². The van der Waals surface area contributed by atoms with Crippen LogP contribution in [-0.2, 0) is 0 Å². The van der Waals surface area contributed by atoms with Gasteiger partial charge in [0.2, 0.25) is 0 Å². The molecule has 2 heteroatoms. The number of rotatable bonds is 1. The van der Waals surface area contributed by atoms with Crippen molar-refractivity contribution in [1.82, 2.24) is 0 Å². The van der Waals surface area contributed by atoms with Crippen molar-refractivity contribution in [1.29, 1.82) is 0 Å². The third-order valence-electron chi connectivity index (χ3n) is 0.240. The normalized spacial score (nSPS) is 24.0. The first-order chi connectivity index (χ1) is 4.06. The summed E-state index contributed by atoms with van der Waals surface area (Å²) < 4.78 is 19.9. The van der Waals surface area contributed by atoms with E-state index in [-0.39, 0.29) is 0 Å². The van der Waals surface area contributed by atoms with E-state index in [9.17, 15) is 0 Å². The highest BCUT2D eigenvalue weighted by Gasteiger charge is 2.07. The molecule has 0 rings (SSSR count). The Kier molecular flexibility index (Phi) is 0.601. The van der Waals surface area contributed by atoms with Crippen molar-refractivity contribution in [3.05, 3.63) is 0 Å². The molecule has 1 atom stereocenters. The van der Waals surface area contributed by atoms with Gasteiger partial charge in [-0.1, -0.05) is 0 Å². The SMILES string of the molecule is [2H]CC(O)(C[2H])C([2H])O. The van der Waals surface area contributed by atoms with Crippen LogP contribution in [-0.4, -0.2) is 22.4 Å². The molecule has 0 aromatic carbocycles. The van der Waals surface area contributed by atoms with Gasteiger partial charge in [0.25, 0.3) is 0 Å². The van der Waals surface area contributed by atoms with Crippen molar-refractivity contribution in [2.24, 2.45) is 0 Å². The van der Waals surface area contributed by atoms with Crippen LogP contribution in [0, 0.1) is 0 Å². The summed E-state index contributed by atoms with van der Waals surface area (Å²) in [5, 5.41) is 17.3. The molecule has 0 bridgehead atoms. The van der Waals surface area contributed by atoms with Crippen LogP contribution in [0.1, 0.15) is 17.9 Å². The molecular formula is C4H10O2. The molecule has 0 aliphatic heterocycles. The van der Waals surface area contributed by atoms with Gasteiger partial charge in [-0.15, -0.1) is 0 Å². The van der Waals surface area contributed by atoms with E-state index in [2.05, 4.69) is 0 Å². The summed E-state index contributed by atoms with van der Waals surface area (Å²) in [5.74, 6) is 0. The molecule has 0 aliphatic carbocycles. The molecule has 0 aliphatic rings. The Labute approximate surface area is 41.6 Å². The zero-order valence-electron chi connectivity index (χ0n) is 6.39. The minimum absolute atomic E-state index is 0.513. The summed E-state index contributed by atoms with van der Waals surface area (Å²) in [7, 11) is 0. The highest BCUT2D eigenvalue weighted by atomic mass is 16.3. The fourth-order valence-electron chi connectivity index (χ4n) is 0. The maximum atomic E-state index is 8.89. The van der Waals surface area contributed by atoms with E-state index in [1.54, 1.807) is 0 Å². The Morgan fingerprint density at radius 3 is 2.50 bits per heavy atom. The molecule has 0 saturated heterocycles. The quantitative estimate of drug-likeness (QED) is 0.469. The van der Waals surface area contributed by atoms with E-state index >= 15 is 0 Å². The molecule has 38 valence electrons. The van der Waals surface area contributed by atoms with Crippen molar-refractivity contribution in [3.63, 3.8) is 0 Å². The minimum atomic E-state index is -1.86. The van der Waals surface area contributed by atoms with E-state index in [4.69, 9.17) is 14.3 Å². The third kappa shape index (κ3) is 3.92. The van der Waals surface area contributed by atoms with Crippen molar-refractivity contribution >= 4 is 0 Å². The van der Waals surface area contributed by atoms with E-state index < -0.39 is 26.0 Å². The largest absolute Gasteiger partial charge is 0.393 e. The molecule has 0 fully saturated rings. The van der Waals surface area contributed by atoms with Crippen LogP contribution >= 0.6 is 0 Å². The van der Waals surface area contributed by atoms with Gasteiger partial charge in [-0.2, -0.15) is 0 Å². The highest BCUT2D eigenvalue weighted by molar-refractivity contribution is 4.59. The van der Waals surface area contributed by atoms with Gasteiger partial charge in [0.15, 0.2) is 0 Å². The summed E-state index contributed by atoms with van der Waals surface area (Å²) >= 11 is 0. The van der Waals surface area contributed by atoms with E-state index in [0.717, 1.165) is 0 Å². The molecule has 0 heterocycles. The molecule has 2 nitrogen and oxygen atoms in total. The first kappa shape index (κ1) is 2.28. The molecule has 6 heavy (non-hydrogen) atoms. The first-order valence-corrected chi connectivity index (χ1v) is 1.48. The number of hydrogen-bond acceptors (Lipinski definition) is 2. The molecular weight excluding hydrogens is 80.0 g/mol. The van der Waals surface area contributed by atoms with E-state index in [1.807, 2.05) is 0 Å². The van der Waals surface area contributed by atoms with Gasteiger partial charge in [-0.05, 0) is 13.8 Å². The predicted molar refractivity (Wildman–Crippen MR) is 23.4 cm³/mol. The lowest BCUT2D eigenvalue weighted by molar-refractivity contribution is 0.0183. The minimum Gasteiger partial charge on any atom is -0.393 e. The summed E-state index contributed by atoms with van der Waals surface area (Å²) in [6.07, 6.45) is 0. The second-order valence-corrected chi connectivity index (χ2v) is 1.23. The molecule has 0 saturated carbocycles. The molecule has 0 spiro atoms. The standard InChI is InChI=1S/C4H10O2/c1-4(2,6)3-5/h5-6H,3H2,1-2H3/i1D,2D,3D. The molecule has 0 aromatic rings. The van der Waals surface area contributed by atoms with Crippen molar-refractivity contribution in [2.45, 2.75) is 19.4 Å². The van der Waals surface area contributed by atoms with Crippen LogP contribution < -0.4 is 0 Å². The number of aliphatic hydroxyl groups is 2. The van der Waals surface area contributed by atoms with Gasteiger partial charge >= 0.3 is 0 Å². The van der Waals surface area contributed by atoms with Gasteiger partial charge in [0, 0.05) is 2.74 Å². The van der Waals surface area contributed by atoms with Gasteiger partial charge in [-0.25, -0.2) is 0 Å². The van der Waals surface area contributed by atoms with E-state index in [1.165, 1.54) is 0 Å². The first-order valence-electron chi connectivity index (χ1n) is 3.47. The summed E-state index contributed by atoms with van der Waals surface area (Å²) in [4.78, 5) is 0. The topological polar surface area (TPSA) is 40.5 Å². The number of aliphatic hydroxyl groups excluding tert-OH is 1. The van der Waals surface area contributed by atoms with Crippen molar-refractivity contribution in [3.8, 4) is 0 Å². The molecule has 2 N–H and O–H groups in total. The Morgan fingerprint density at radius 1 is 2.00 bits per heavy atom. The fraction of sp³-hybridized carbons (Fsp3) is 1.00. The monoisotopic (exact) mass is 93.1 g/mol. The Hall–Kier alpha value is -0.0800. The summed E-state index contributed by atoms with van der Waals surface area (Å²) in [6, 6.07) is 0. The third-order valence-corrected chi connectivity index (χ3v) is 0.240. The Bertz CT molecular complexity index is 81.9. The highest BCUT2D eigenvalue weighted by Crippen LogP contribution is 1.95. The summed E-state index contributed by atoms with van der Waals surface area (Å²) in [5.41, 5.74) is -1.86. The van der Waals surface area contributed by atoms with Crippen LogP contribution in [0.4, 0.5) is 0 Å². The van der Waals surface area contributed by atoms with Crippen LogP contribution in [0.5, 0.6) is 0 Å². The summed E-state index contributed by atoms with van der Waals surface area (Å²) in [6.45, 7) is -2.77. The lowest BCUT2D eigenvalue weighted by Crippen LogP contribution is -2.23. The van der Waals surface area contributed by atoms with Gasteiger partial charge in [0.1, 0.15) is 0 Å². The second-order valence-electron chi connectivity index (χ2n) is 1.23. The zero-order valence-corrected chi connectivity index (χ0v) is 3.39. The van der Waals surface area contributed by atoms with Gasteiger partial charge in [-0.3, -0.25) is 0 Å².